The summed E-state index contributed by atoms with van der Waals surface area (Å²) < 4.78 is 26.5. The highest BCUT2D eigenvalue weighted by molar-refractivity contribution is 7.14. The van der Waals surface area contributed by atoms with Gasteiger partial charge in [-0.3, -0.25) is 4.79 Å². The predicted molar refractivity (Wildman–Crippen MR) is 164 cm³/mol. The maximum absolute atomic E-state index is 14.8. The molecule has 2 fully saturated rings. The zero-order valence-corrected chi connectivity index (χ0v) is 26.0. The van der Waals surface area contributed by atoms with Crippen molar-refractivity contribution in [3.8, 4) is 10.9 Å². The predicted octanol–water partition coefficient (Wildman–Crippen LogP) is 6.29. The lowest BCUT2D eigenvalue weighted by Crippen LogP contribution is -2.59. The minimum Gasteiger partial charge on any atom is -0.487 e. The van der Waals surface area contributed by atoms with Crippen LogP contribution in [0.2, 0.25) is 15.1 Å². The number of ether oxygens (including phenoxy) is 2. The molecule has 6 rings (SSSR count). The van der Waals surface area contributed by atoms with E-state index in [0.29, 0.717) is 45.1 Å². The smallest absolute Gasteiger partial charge is 0.273 e. The number of benzene rings is 2. The summed E-state index contributed by atoms with van der Waals surface area (Å²) in [7, 11) is 0. The Hall–Kier alpha value is -2.40. The molecular formula is C30H30Cl3FN4O3S. The van der Waals surface area contributed by atoms with Crippen molar-refractivity contribution < 1.29 is 18.7 Å². The average Bonchev–Trinajstić information content (AvgIpc) is 3.69. The van der Waals surface area contributed by atoms with Gasteiger partial charge in [-0.2, -0.15) is 0 Å². The first-order valence-corrected chi connectivity index (χ1v) is 15.8. The fourth-order valence-electron chi connectivity index (χ4n) is 5.52. The Kier molecular flexibility index (Phi) is 8.96. The zero-order chi connectivity index (χ0) is 29.4. The molecule has 2 aromatic carbocycles. The van der Waals surface area contributed by atoms with Crippen LogP contribution in [0.3, 0.4) is 0 Å². The second-order valence-electron chi connectivity index (χ2n) is 10.8. The third-order valence-electron chi connectivity index (χ3n) is 7.63. The molecule has 2 atom stereocenters. The van der Waals surface area contributed by atoms with Gasteiger partial charge in [0, 0.05) is 49.1 Å². The van der Waals surface area contributed by atoms with E-state index in [9.17, 15) is 9.18 Å². The number of rotatable bonds is 10. The molecule has 0 unspecified atom stereocenters. The highest BCUT2D eigenvalue weighted by Gasteiger charge is 2.41. The number of thiazole rings is 1. The van der Waals surface area contributed by atoms with Gasteiger partial charge in [0.25, 0.3) is 11.1 Å². The Balaban J connectivity index is 1.21. The fourth-order valence-corrected chi connectivity index (χ4v) is 7.28. The molecule has 1 aromatic heterocycles. The summed E-state index contributed by atoms with van der Waals surface area (Å²) in [5.74, 6) is -0.135. The molecule has 3 aromatic rings. The van der Waals surface area contributed by atoms with Crippen molar-refractivity contribution in [3.05, 3.63) is 79.0 Å². The van der Waals surface area contributed by atoms with Gasteiger partial charge in [-0.25, -0.2) is 9.37 Å². The number of fused-ring (bicyclic) bond motifs is 2. The van der Waals surface area contributed by atoms with Crippen LogP contribution in [0.25, 0.3) is 5.57 Å². The maximum atomic E-state index is 14.8. The van der Waals surface area contributed by atoms with Gasteiger partial charge < -0.3 is 25.0 Å². The first-order chi connectivity index (χ1) is 20.3. The Labute approximate surface area is 262 Å². The van der Waals surface area contributed by atoms with E-state index in [4.69, 9.17) is 44.3 Å². The van der Waals surface area contributed by atoms with Gasteiger partial charge in [0.15, 0.2) is 5.75 Å². The number of aryl methyl sites for hydroxylation is 1. The van der Waals surface area contributed by atoms with E-state index in [0.717, 1.165) is 35.4 Å². The number of piperazine rings is 1. The molecular weight excluding hydrogens is 622 g/mol. The second-order valence-corrected chi connectivity index (χ2v) is 13.0. The van der Waals surface area contributed by atoms with E-state index in [1.807, 2.05) is 6.92 Å². The first kappa shape index (κ1) is 29.7. The van der Waals surface area contributed by atoms with E-state index in [-0.39, 0.29) is 48.8 Å². The van der Waals surface area contributed by atoms with Gasteiger partial charge in [0.1, 0.15) is 19.0 Å². The average molecular weight is 652 g/mol. The second kappa shape index (κ2) is 12.7. The minimum absolute atomic E-state index is 0.0573. The van der Waals surface area contributed by atoms with Gasteiger partial charge in [-0.15, -0.1) is 0 Å². The third-order valence-corrected chi connectivity index (χ3v) is 9.45. The summed E-state index contributed by atoms with van der Waals surface area (Å²) in [5.41, 5.74) is 3.03. The Morgan fingerprint density at radius 1 is 1.12 bits per heavy atom. The highest BCUT2D eigenvalue weighted by atomic mass is 35.5. The molecule has 42 heavy (non-hydrogen) atoms. The zero-order valence-electron chi connectivity index (χ0n) is 22.9. The summed E-state index contributed by atoms with van der Waals surface area (Å²) >= 11 is 20.0. The number of nitrogens with zero attached hydrogens (tertiary/aromatic N) is 2. The van der Waals surface area contributed by atoms with E-state index in [1.165, 1.54) is 17.4 Å². The van der Waals surface area contributed by atoms with Gasteiger partial charge >= 0.3 is 0 Å². The number of hydrogen-bond acceptors (Lipinski definition) is 7. The summed E-state index contributed by atoms with van der Waals surface area (Å²) in [6.45, 7) is 4.01. The molecule has 0 spiro atoms. The molecule has 0 radical (unpaired) electrons. The van der Waals surface area contributed by atoms with Gasteiger partial charge in [0.05, 0.1) is 26.0 Å². The Bertz CT molecular complexity index is 1510. The summed E-state index contributed by atoms with van der Waals surface area (Å²) in [4.78, 5) is 21.4. The first-order valence-electron chi connectivity index (χ1n) is 13.9. The Morgan fingerprint density at radius 3 is 2.64 bits per heavy atom. The SMILES string of the molecule is Cc1cc(Cl)c(OCCOc2ncc(C3=C(C(=O)N(Cc4cccc(Cl)c4F)C4CC4)[C@H]4CNC[C@@H](C3)N4)s2)c(Cl)c1. The molecule has 12 heteroatoms. The fraction of sp³-hybridized carbons (Fsp3) is 0.400. The van der Waals surface area contributed by atoms with Crippen LogP contribution in [-0.2, 0) is 11.3 Å². The number of halogens is 4. The minimum atomic E-state index is -0.479. The number of aromatic nitrogens is 1. The summed E-state index contributed by atoms with van der Waals surface area (Å²) in [5, 5.41) is 8.49. The van der Waals surface area contributed by atoms with Crippen LogP contribution in [0.4, 0.5) is 4.39 Å². The van der Waals surface area contributed by atoms with Crippen LogP contribution in [-0.4, -0.2) is 60.2 Å². The van der Waals surface area contributed by atoms with E-state index in [2.05, 4.69) is 15.6 Å². The van der Waals surface area contributed by atoms with Crippen molar-refractivity contribution in [2.75, 3.05) is 26.3 Å². The van der Waals surface area contributed by atoms with Crippen molar-refractivity contribution in [1.29, 1.82) is 0 Å². The molecule has 3 heterocycles. The molecule has 1 saturated heterocycles. The van der Waals surface area contributed by atoms with Crippen molar-refractivity contribution >= 4 is 57.6 Å². The van der Waals surface area contributed by atoms with Crippen LogP contribution in [0.15, 0.2) is 42.1 Å². The lowest BCUT2D eigenvalue weighted by Gasteiger charge is -2.40. The van der Waals surface area contributed by atoms with E-state index in [1.54, 1.807) is 35.4 Å². The van der Waals surface area contributed by atoms with Crippen molar-refractivity contribution in [3.63, 3.8) is 0 Å². The number of nitrogens with one attached hydrogen (secondary N) is 2. The van der Waals surface area contributed by atoms with E-state index < -0.39 is 5.82 Å². The summed E-state index contributed by atoms with van der Waals surface area (Å²) in [6, 6.07) is 8.63. The maximum Gasteiger partial charge on any atom is 0.273 e. The van der Waals surface area contributed by atoms with Crippen LogP contribution in [0, 0.1) is 12.7 Å². The van der Waals surface area contributed by atoms with E-state index >= 15 is 0 Å². The van der Waals surface area contributed by atoms with Crippen LogP contribution in [0.1, 0.15) is 35.3 Å². The van der Waals surface area contributed by atoms with Gasteiger partial charge in [0.2, 0.25) is 0 Å². The lowest BCUT2D eigenvalue weighted by atomic mass is 9.86. The molecule has 7 nitrogen and oxygen atoms in total. The highest BCUT2D eigenvalue weighted by Crippen LogP contribution is 2.39. The van der Waals surface area contributed by atoms with Crippen molar-refractivity contribution in [1.82, 2.24) is 20.5 Å². The molecule has 222 valence electrons. The third kappa shape index (κ3) is 6.42. The Morgan fingerprint density at radius 2 is 1.88 bits per heavy atom. The molecule has 2 N–H and O–H groups in total. The van der Waals surface area contributed by atoms with Crippen LogP contribution in [0.5, 0.6) is 10.9 Å². The topological polar surface area (TPSA) is 75.7 Å². The molecule has 2 aliphatic heterocycles. The molecule has 3 aliphatic rings. The van der Waals surface area contributed by atoms with Crippen LogP contribution < -0.4 is 20.1 Å². The number of carbonyl (C=O) groups is 1. The number of carbonyl (C=O) groups excluding carboxylic acids is 1. The number of hydrogen-bond donors (Lipinski definition) is 2. The van der Waals surface area contributed by atoms with Gasteiger partial charge in [-0.05, 0) is 55.5 Å². The molecule has 1 saturated carbocycles. The molecule has 1 amide bonds. The largest absolute Gasteiger partial charge is 0.487 e. The van der Waals surface area contributed by atoms with Crippen molar-refractivity contribution in [2.45, 2.75) is 50.9 Å². The summed E-state index contributed by atoms with van der Waals surface area (Å²) in [6.07, 6.45) is 4.23. The van der Waals surface area contributed by atoms with Crippen molar-refractivity contribution in [2.24, 2.45) is 0 Å². The van der Waals surface area contributed by atoms with Gasteiger partial charge in [-0.1, -0.05) is 58.3 Å². The standard InChI is InChI=1S/C30H30Cl3FN4O3S/c1-16-9-22(32)28(23(33)10-16)40-7-8-41-30-36-14-25(42-30)20-11-18-12-35-13-24(37-18)26(20)29(39)38(19-5-6-19)15-17-3-2-4-21(31)27(17)34/h2-4,9-10,14,18-19,24,35,37H,5-8,11-13,15H2,1H3/t18-,24-/m1/s1. The lowest BCUT2D eigenvalue weighted by molar-refractivity contribution is -0.128. The number of amides is 1. The quantitative estimate of drug-likeness (QED) is 0.251. The molecule has 1 aliphatic carbocycles. The normalized spacial score (nSPS) is 20.0. The monoisotopic (exact) mass is 650 g/mol. The van der Waals surface area contributed by atoms with Crippen LogP contribution >= 0.6 is 46.1 Å². The molecule has 2 bridgehead atoms.